The highest BCUT2D eigenvalue weighted by Crippen LogP contribution is 2.24. The van der Waals surface area contributed by atoms with E-state index in [9.17, 15) is 9.59 Å². The highest BCUT2D eigenvalue weighted by molar-refractivity contribution is 5.85. The summed E-state index contributed by atoms with van der Waals surface area (Å²) in [7, 11) is 0. The summed E-state index contributed by atoms with van der Waals surface area (Å²) in [6.07, 6.45) is 1.23. The SMILES string of the molecule is CCOC(=O)C1CCN(C(=O)C(C)(C)C#N)CC1. The zero-order valence-electron chi connectivity index (χ0n) is 11.2. The lowest BCUT2D eigenvalue weighted by molar-refractivity contribution is -0.152. The van der Waals surface area contributed by atoms with Gasteiger partial charge < -0.3 is 9.64 Å². The van der Waals surface area contributed by atoms with E-state index in [1.807, 2.05) is 6.07 Å². The molecule has 0 aromatic heterocycles. The molecule has 1 rings (SSSR count). The van der Waals surface area contributed by atoms with E-state index in [0.29, 0.717) is 32.5 Å². The summed E-state index contributed by atoms with van der Waals surface area (Å²) in [6.45, 7) is 6.45. The van der Waals surface area contributed by atoms with E-state index in [1.165, 1.54) is 0 Å². The fraction of sp³-hybridized carbons (Fsp3) is 0.769. The normalized spacial score (nSPS) is 17.1. The Morgan fingerprint density at radius 1 is 1.39 bits per heavy atom. The van der Waals surface area contributed by atoms with Gasteiger partial charge in [0, 0.05) is 13.1 Å². The second kappa shape index (κ2) is 5.85. The van der Waals surface area contributed by atoms with Crippen LogP contribution in [0.25, 0.3) is 0 Å². The predicted molar refractivity (Wildman–Crippen MR) is 65.3 cm³/mol. The van der Waals surface area contributed by atoms with Crippen molar-refractivity contribution < 1.29 is 14.3 Å². The second-order valence-corrected chi connectivity index (χ2v) is 5.06. The maximum absolute atomic E-state index is 12.0. The largest absolute Gasteiger partial charge is 0.466 e. The van der Waals surface area contributed by atoms with Gasteiger partial charge in [0.15, 0.2) is 0 Å². The molecule has 1 heterocycles. The molecule has 0 spiro atoms. The number of piperidine rings is 1. The molecule has 0 unspecified atom stereocenters. The monoisotopic (exact) mass is 252 g/mol. The number of carbonyl (C=O) groups is 2. The Kier molecular flexibility index (Phi) is 4.71. The molecule has 0 saturated carbocycles. The molecule has 1 aliphatic heterocycles. The number of hydrogen-bond acceptors (Lipinski definition) is 4. The first-order valence-corrected chi connectivity index (χ1v) is 6.29. The third kappa shape index (κ3) is 3.22. The van der Waals surface area contributed by atoms with Crippen LogP contribution in [-0.2, 0) is 14.3 Å². The fourth-order valence-corrected chi connectivity index (χ4v) is 2.02. The Hall–Kier alpha value is -1.57. The molecule has 0 atom stereocenters. The van der Waals surface area contributed by atoms with Gasteiger partial charge in [-0.1, -0.05) is 0 Å². The molecule has 0 aromatic rings. The number of hydrogen-bond donors (Lipinski definition) is 0. The van der Waals surface area contributed by atoms with Crippen molar-refractivity contribution >= 4 is 11.9 Å². The van der Waals surface area contributed by atoms with Crippen LogP contribution in [0.15, 0.2) is 0 Å². The standard InChI is InChI=1S/C13H20N2O3/c1-4-18-11(16)10-5-7-15(8-6-10)12(17)13(2,3)9-14/h10H,4-8H2,1-3H3. The van der Waals surface area contributed by atoms with Crippen LogP contribution in [0.1, 0.15) is 33.6 Å². The maximum Gasteiger partial charge on any atom is 0.309 e. The first-order valence-electron chi connectivity index (χ1n) is 6.29. The van der Waals surface area contributed by atoms with Gasteiger partial charge in [-0.25, -0.2) is 0 Å². The summed E-state index contributed by atoms with van der Waals surface area (Å²) in [5.74, 6) is -0.448. The van der Waals surface area contributed by atoms with Crippen LogP contribution >= 0.6 is 0 Å². The topological polar surface area (TPSA) is 70.4 Å². The van der Waals surface area contributed by atoms with Crippen molar-refractivity contribution in [3.05, 3.63) is 0 Å². The van der Waals surface area contributed by atoms with Crippen molar-refractivity contribution in [2.45, 2.75) is 33.6 Å². The third-order valence-corrected chi connectivity index (χ3v) is 3.22. The zero-order valence-corrected chi connectivity index (χ0v) is 11.2. The van der Waals surface area contributed by atoms with E-state index in [2.05, 4.69) is 0 Å². The first-order chi connectivity index (χ1) is 8.42. The molecule has 1 fully saturated rings. The molecule has 0 aliphatic carbocycles. The number of ether oxygens (including phenoxy) is 1. The molecule has 100 valence electrons. The van der Waals surface area contributed by atoms with Crippen LogP contribution in [0.4, 0.5) is 0 Å². The molecular weight excluding hydrogens is 232 g/mol. The van der Waals surface area contributed by atoms with Crippen molar-refractivity contribution in [1.29, 1.82) is 5.26 Å². The minimum absolute atomic E-state index is 0.112. The second-order valence-electron chi connectivity index (χ2n) is 5.06. The van der Waals surface area contributed by atoms with Crippen LogP contribution in [-0.4, -0.2) is 36.5 Å². The summed E-state index contributed by atoms with van der Waals surface area (Å²) in [5, 5.41) is 8.93. The lowest BCUT2D eigenvalue weighted by Crippen LogP contribution is -2.45. The summed E-state index contributed by atoms with van der Waals surface area (Å²) >= 11 is 0. The van der Waals surface area contributed by atoms with Gasteiger partial charge in [-0.05, 0) is 33.6 Å². The summed E-state index contributed by atoms with van der Waals surface area (Å²) < 4.78 is 4.97. The number of nitriles is 1. The third-order valence-electron chi connectivity index (χ3n) is 3.22. The fourth-order valence-electron chi connectivity index (χ4n) is 2.02. The number of amides is 1. The van der Waals surface area contributed by atoms with Crippen molar-refractivity contribution in [1.82, 2.24) is 4.90 Å². The van der Waals surface area contributed by atoms with Crippen molar-refractivity contribution in [2.75, 3.05) is 19.7 Å². The molecule has 0 aromatic carbocycles. The zero-order chi connectivity index (χ0) is 13.8. The number of nitrogens with zero attached hydrogens (tertiary/aromatic N) is 2. The van der Waals surface area contributed by atoms with E-state index in [0.717, 1.165) is 0 Å². The smallest absolute Gasteiger partial charge is 0.309 e. The molecule has 5 heteroatoms. The van der Waals surface area contributed by atoms with Crippen molar-refractivity contribution in [2.24, 2.45) is 11.3 Å². The van der Waals surface area contributed by atoms with Gasteiger partial charge in [0.2, 0.25) is 5.91 Å². The molecule has 1 amide bonds. The van der Waals surface area contributed by atoms with Crippen LogP contribution in [0.2, 0.25) is 0 Å². The minimum atomic E-state index is -0.989. The Bertz CT molecular complexity index is 363. The molecule has 0 radical (unpaired) electrons. The van der Waals surface area contributed by atoms with Gasteiger partial charge in [-0.3, -0.25) is 9.59 Å². The van der Waals surface area contributed by atoms with Gasteiger partial charge in [0.25, 0.3) is 0 Å². The van der Waals surface area contributed by atoms with Gasteiger partial charge >= 0.3 is 5.97 Å². The van der Waals surface area contributed by atoms with Crippen LogP contribution in [0, 0.1) is 22.7 Å². The van der Waals surface area contributed by atoms with Gasteiger partial charge in [-0.15, -0.1) is 0 Å². The van der Waals surface area contributed by atoms with E-state index < -0.39 is 5.41 Å². The summed E-state index contributed by atoms with van der Waals surface area (Å²) in [5.41, 5.74) is -0.989. The highest BCUT2D eigenvalue weighted by atomic mass is 16.5. The number of rotatable bonds is 3. The van der Waals surface area contributed by atoms with Gasteiger partial charge in [0.1, 0.15) is 5.41 Å². The Morgan fingerprint density at radius 3 is 2.39 bits per heavy atom. The van der Waals surface area contributed by atoms with E-state index >= 15 is 0 Å². The van der Waals surface area contributed by atoms with E-state index in [-0.39, 0.29) is 17.8 Å². The molecule has 18 heavy (non-hydrogen) atoms. The lowest BCUT2D eigenvalue weighted by atomic mass is 9.90. The minimum Gasteiger partial charge on any atom is -0.466 e. The number of esters is 1. The maximum atomic E-state index is 12.0. The van der Waals surface area contributed by atoms with Crippen molar-refractivity contribution in [3.8, 4) is 6.07 Å². The number of likely N-dealkylation sites (tertiary alicyclic amines) is 1. The Balaban J connectivity index is 2.52. The molecule has 1 saturated heterocycles. The molecular formula is C13H20N2O3. The van der Waals surface area contributed by atoms with E-state index in [1.54, 1.807) is 25.7 Å². The molecule has 0 bridgehead atoms. The van der Waals surface area contributed by atoms with E-state index in [4.69, 9.17) is 10.00 Å². The van der Waals surface area contributed by atoms with Crippen LogP contribution < -0.4 is 0 Å². The predicted octanol–water partition coefficient (Wildman–Crippen LogP) is 1.34. The Morgan fingerprint density at radius 2 is 1.94 bits per heavy atom. The molecule has 5 nitrogen and oxygen atoms in total. The van der Waals surface area contributed by atoms with Crippen molar-refractivity contribution in [3.63, 3.8) is 0 Å². The van der Waals surface area contributed by atoms with Gasteiger partial charge in [-0.2, -0.15) is 5.26 Å². The van der Waals surface area contributed by atoms with Crippen LogP contribution in [0.3, 0.4) is 0 Å². The average Bonchev–Trinajstić information content (AvgIpc) is 2.38. The average molecular weight is 252 g/mol. The first kappa shape index (κ1) is 14.5. The highest BCUT2D eigenvalue weighted by Gasteiger charge is 2.35. The Labute approximate surface area is 108 Å². The molecule has 1 aliphatic rings. The summed E-state index contributed by atoms with van der Waals surface area (Å²) in [4.78, 5) is 25.3. The lowest BCUT2D eigenvalue weighted by Gasteiger charge is -2.33. The summed E-state index contributed by atoms with van der Waals surface area (Å²) in [6, 6.07) is 2.01. The molecule has 0 N–H and O–H groups in total. The quantitative estimate of drug-likeness (QED) is 0.711. The number of carbonyl (C=O) groups excluding carboxylic acids is 2. The van der Waals surface area contributed by atoms with Gasteiger partial charge in [0.05, 0.1) is 18.6 Å². The van der Waals surface area contributed by atoms with Crippen LogP contribution in [0.5, 0.6) is 0 Å².